The van der Waals surface area contributed by atoms with Crippen LogP contribution in [-0.2, 0) is 12.7 Å². The number of benzene rings is 1. The summed E-state index contributed by atoms with van der Waals surface area (Å²) in [6.45, 7) is 3.89. The van der Waals surface area contributed by atoms with Crippen LogP contribution in [0.25, 0.3) is 0 Å². The van der Waals surface area contributed by atoms with Crippen molar-refractivity contribution in [2.24, 2.45) is 0 Å². The van der Waals surface area contributed by atoms with Gasteiger partial charge < -0.3 is 10.6 Å². The van der Waals surface area contributed by atoms with Crippen LogP contribution in [-0.4, -0.2) is 27.2 Å². The summed E-state index contributed by atoms with van der Waals surface area (Å²) in [5.74, 6) is -0.0413. The molecule has 2 rings (SSSR count). The summed E-state index contributed by atoms with van der Waals surface area (Å²) in [5.41, 5.74) is 0.838. The summed E-state index contributed by atoms with van der Waals surface area (Å²) in [5, 5.41) is 9.90. The Morgan fingerprint density at radius 1 is 1.31 bits per heavy atom. The van der Waals surface area contributed by atoms with Crippen LogP contribution in [0.3, 0.4) is 0 Å². The van der Waals surface area contributed by atoms with E-state index in [1.54, 1.807) is 31.2 Å². The zero-order valence-electron chi connectivity index (χ0n) is 14.4. The molecular weight excluding hydrogens is 365 g/mol. The Bertz CT molecular complexity index is 802. The summed E-state index contributed by atoms with van der Waals surface area (Å²) < 4.78 is 39.2. The second-order valence-electron chi connectivity index (χ2n) is 5.76. The number of nitrogens with zero attached hydrogens (tertiary/aromatic N) is 2. The van der Waals surface area contributed by atoms with E-state index in [1.807, 2.05) is 0 Å². The van der Waals surface area contributed by atoms with E-state index in [0.29, 0.717) is 41.6 Å². The Hall–Kier alpha value is -2.42. The van der Waals surface area contributed by atoms with E-state index in [4.69, 9.17) is 12.2 Å². The lowest BCUT2D eigenvalue weighted by atomic mass is 10.1. The molecule has 0 bridgehead atoms. The van der Waals surface area contributed by atoms with Gasteiger partial charge in [-0.1, -0.05) is 12.1 Å². The van der Waals surface area contributed by atoms with Crippen LogP contribution in [0.2, 0.25) is 0 Å². The molecule has 26 heavy (non-hydrogen) atoms. The Morgan fingerprint density at radius 2 is 2.04 bits per heavy atom. The number of carbonyl (C=O) groups excluding carboxylic acids is 1. The first-order valence-electron chi connectivity index (χ1n) is 7.94. The van der Waals surface area contributed by atoms with Gasteiger partial charge in [0.05, 0.1) is 0 Å². The Labute approximate surface area is 154 Å². The molecule has 1 aromatic carbocycles. The molecule has 2 N–H and O–H groups in total. The second-order valence-corrected chi connectivity index (χ2v) is 6.17. The van der Waals surface area contributed by atoms with Gasteiger partial charge in [0.25, 0.3) is 0 Å². The number of hydrogen-bond acceptors (Lipinski definition) is 3. The molecule has 0 aliphatic rings. The lowest BCUT2D eigenvalue weighted by Gasteiger charge is -2.11. The maximum absolute atomic E-state index is 12.6. The molecule has 0 spiro atoms. The zero-order chi connectivity index (χ0) is 19.3. The van der Waals surface area contributed by atoms with Crippen molar-refractivity contribution in [1.82, 2.24) is 15.1 Å². The number of nitrogens with one attached hydrogen (secondary N) is 2. The number of Topliss-reactive ketones (excluding diaryl/α,β-unsaturated/α-hetero) is 1. The van der Waals surface area contributed by atoms with E-state index in [2.05, 4.69) is 15.7 Å². The monoisotopic (exact) mass is 384 g/mol. The fourth-order valence-electron chi connectivity index (χ4n) is 2.30. The molecule has 0 aliphatic carbocycles. The Balaban J connectivity index is 1.79. The average molecular weight is 384 g/mol. The standard InChI is InChI=1S/C17H19F3N4OS/c1-11-9-15(17(18,19)20)23-24(11)8-4-7-21-16(26)22-14-6-3-5-13(10-14)12(2)25/h3,5-6,9-10H,4,7-8H2,1-2H3,(H2,21,22,26). The number of ketones is 1. The molecule has 0 saturated heterocycles. The van der Waals surface area contributed by atoms with E-state index < -0.39 is 11.9 Å². The topological polar surface area (TPSA) is 59.0 Å². The number of rotatable bonds is 6. The molecule has 140 valence electrons. The smallest absolute Gasteiger partial charge is 0.362 e. The molecule has 0 aliphatic heterocycles. The van der Waals surface area contributed by atoms with E-state index in [-0.39, 0.29) is 5.78 Å². The zero-order valence-corrected chi connectivity index (χ0v) is 15.2. The molecule has 0 radical (unpaired) electrons. The number of thiocarbonyl (C=S) groups is 1. The molecule has 1 aromatic heterocycles. The third-order valence-electron chi connectivity index (χ3n) is 3.63. The van der Waals surface area contributed by atoms with Crippen LogP contribution in [0, 0.1) is 6.92 Å². The van der Waals surface area contributed by atoms with E-state index in [0.717, 1.165) is 6.07 Å². The van der Waals surface area contributed by atoms with Crippen molar-refractivity contribution in [3.05, 3.63) is 47.3 Å². The molecule has 0 amide bonds. The summed E-state index contributed by atoms with van der Waals surface area (Å²) in [6.07, 6.45) is -3.89. The van der Waals surface area contributed by atoms with Crippen molar-refractivity contribution in [3.8, 4) is 0 Å². The number of aryl methyl sites for hydroxylation is 2. The van der Waals surface area contributed by atoms with Crippen LogP contribution >= 0.6 is 12.2 Å². The van der Waals surface area contributed by atoms with Gasteiger partial charge >= 0.3 is 6.18 Å². The Morgan fingerprint density at radius 3 is 2.65 bits per heavy atom. The van der Waals surface area contributed by atoms with Gasteiger partial charge in [-0.05, 0) is 50.7 Å². The SMILES string of the molecule is CC(=O)c1cccc(NC(=S)NCCCn2nc(C(F)(F)F)cc2C)c1. The second kappa shape index (κ2) is 8.31. The highest BCUT2D eigenvalue weighted by atomic mass is 32.1. The summed E-state index contributed by atoms with van der Waals surface area (Å²) in [6, 6.07) is 7.97. The number of hydrogen-bond donors (Lipinski definition) is 2. The molecule has 0 atom stereocenters. The maximum atomic E-state index is 12.6. The molecule has 5 nitrogen and oxygen atoms in total. The first-order valence-corrected chi connectivity index (χ1v) is 8.35. The van der Waals surface area contributed by atoms with Gasteiger partial charge in [-0.25, -0.2) is 0 Å². The lowest BCUT2D eigenvalue weighted by Crippen LogP contribution is -2.30. The predicted molar refractivity (Wildman–Crippen MR) is 97.3 cm³/mol. The van der Waals surface area contributed by atoms with Crippen molar-refractivity contribution in [3.63, 3.8) is 0 Å². The van der Waals surface area contributed by atoms with E-state index >= 15 is 0 Å². The van der Waals surface area contributed by atoms with Gasteiger partial charge in [0.2, 0.25) is 0 Å². The largest absolute Gasteiger partial charge is 0.435 e. The molecule has 2 aromatic rings. The summed E-state index contributed by atoms with van der Waals surface area (Å²) in [7, 11) is 0. The van der Waals surface area contributed by atoms with Crippen molar-refractivity contribution in [1.29, 1.82) is 0 Å². The highest BCUT2D eigenvalue weighted by molar-refractivity contribution is 7.80. The third kappa shape index (κ3) is 5.55. The number of aromatic nitrogens is 2. The number of anilines is 1. The number of carbonyl (C=O) groups is 1. The molecule has 0 fully saturated rings. The minimum atomic E-state index is -4.44. The van der Waals surface area contributed by atoms with Gasteiger partial charge in [-0.3, -0.25) is 9.48 Å². The first kappa shape index (κ1) is 19.9. The maximum Gasteiger partial charge on any atom is 0.435 e. The molecule has 0 saturated carbocycles. The number of halogens is 3. The minimum absolute atomic E-state index is 0.0413. The average Bonchev–Trinajstić information content (AvgIpc) is 2.93. The van der Waals surface area contributed by atoms with Gasteiger partial charge in [0, 0.05) is 30.0 Å². The predicted octanol–water partition coefficient (Wildman–Crippen LogP) is 3.79. The van der Waals surface area contributed by atoms with Gasteiger partial charge in [-0.15, -0.1) is 0 Å². The molecule has 0 unspecified atom stereocenters. The first-order chi connectivity index (χ1) is 12.2. The van der Waals surface area contributed by atoms with Gasteiger partial charge in [-0.2, -0.15) is 18.3 Å². The van der Waals surface area contributed by atoms with Crippen LogP contribution < -0.4 is 10.6 Å². The molecule has 9 heteroatoms. The van der Waals surface area contributed by atoms with E-state index in [9.17, 15) is 18.0 Å². The normalized spacial score (nSPS) is 11.3. The fourth-order valence-corrected chi connectivity index (χ4v) is 2.52. The minimum Gasteiger partial charge on any atom is -0.362 e. The number of alkyl halides is 3. The molecule has 1 heterocycles. The van der Waals surface area contributed by atoms with Crippen molar-refractivity contribution >= 4 is 28.8 Å². The van der Waals surface area contributed by atoms with Crippen molar-refractivity contribution < 1.29 is 18.0 Å². The lowest BCUT2D eigenvalue weighted by molar-refractivity contribution is -0.141. The van der Waals surface area contributed by atoms with Gasteiger partial charge in [0.15, 0.2) is 16.6 Å². The quantitative estimate of drug-likeness (QED) is 0.451. The van der Waals surface area contributed by atoms with Crippen molar-refractivity contribution in [2.45, 2.75) is 33.0 Å². The summed E-state index contributed by atoms with van der Waals surface area (Å²) in [4.78, 5) is 11.4. The van der Waals surface area contributed by atoms with Crippen LogP contribution in [0.4, 0.5) is 18.9 Å². The van der Waals surface area contributed by atoms with Crippen LogP contribution in [0.15, 0.2) is 30.3 Å². The molecular formula is C17H19F3N4OS. The van der Waals surface area contributed by atoms with Crippen LogP contribution in [0.5, 0.6) is 0 Å². The van der Waals surface area contributed by atoms with Gasteiger partial charge in [0.1, 0.15) is 0 Å². The highest BCUT2D eigenvalue weighted by Crippen LogP contribution is 2.28. The fraction of sp³-hybridized carbons (Fsp3) is 0.353. The van der Waals surface area contributed by atoms with Crippen molar-refractivity contribution in [2.75, 3.05) is 11.9 Å². The third-order valence-corrected chi connectivity index (χ3v) is 3.88. The highest BCUT2D eigenvalue weighted by Gasteiger charge is 2.34. The Kier molecular flexibility index (Phi) is 6.36. The van der Waals surface area contributed by atoms with Crippen LogP contribution in [0.1, 0.15) is 35.1 Å². The summed E-state index contributed by atoms with van der Waals surface area (Å²) >= 11 is 5.18. The van der Waals surface area contributed by atoms with E-state index in [1.165, 1.54) is 11.6 Å².